The van der Waals surface area contributed by atoms with E-state index in [0.29, 0.717) is 6.54 Å². The quantitative estimate of drug-likeness (QED) is 0.895. The predicted octanol–water partition coefficient (Wildman–Crippen LogP) is 1.82. The first kappa shape index (κ1) is 13.1. The molecule has 0 bridgehead atoms. The fourth-order valence-electron chi connectivity index (χ4n) is 3.40. The molecule has 0 aliphatic carbocycles. The van der Waals surface area contributed by atoms with E-state index in [1.165, 1.54) is 56.6 Å². The lowest BCUT2D eigenvalue weighted by Gasteiger charge is -2.23. The minimum atomic E-state index is 0.640. The maximum atomic E-state index is 5.64. The molecular weight excluding hydrogens is 234 g/mol. The fourth-order valence-corrected chi connectivity index (χ4v) is 3.40. The van der Waals surface area contributed by atoms with E-state index in [9.17, 15) is 0 Å². The van der Waals surface area contributed by atoms with E-state index >= 15 is 0 Å². The Balaban J connectivity index is 1.53. The Kier molecular flexibility index (Phi) is 4.16. The lowest BCUT2D eigenvalue weighted by atomic mass is 10.1. The van der Waals surface area contributed by atoms with Gasteiger partial charge < -0.3 is 5.73 Å². The Morgan fingerprint density at radius 3 is 2.37 bits per heavy atom. The molecule has 2 heterocycles. The Labute approximate surface area is 116 Å². The molecule has 0 saturated carbocycles. The van der Waals surface area contributed by atoms with Crippen LogP contribution in [0, 0.1) is 0 Å². The van der Waals surface area contributed by atoms with Crippen molar-refractivity contribution in [2.45, 2.75) is 38.4 Å². The van der Waals surface area contributed by atoms with Gasteiger partial charge in [-0.25, -0.2) is 0 Å². The zero-order chi connectivity index (χ0) is 13.1. The molecular formula is C16H25N3. The molecule has 104 valence electrons. The van der Waals surface area contributed by atoms with Gasteiger partial charge in [0.05, 0.1) is 0 Å². The monoisotopic (exact) mass is 259 g/mol. The molecule has 3 nitrogen and oxygen atoms in total. The second kappa shape index (κ2) is 6.04. The average Bonchev–Trinajstić information content (AvgIpc) is 3.10. The van der Waals surface area contributed by atoms with Gasteiger partial charge in [0, 0.05) is 32.2 Å². The summed E-state index contributed by atoms with van der Waals surface area (Å²) >= 11 is 0. The van der Waals surface area contributed by atoms with Crippen LogP contribution in [0.25, 0.3) is 0 Å². The van der Waals surface area contributed by atoms with Crippen LogP contribution in [0.5, 0.6) is 0 Å². The third kappa shape index (κ3) is 3.16. The molecule has 0 spiro atoms. The molecule has 1 unspecified atom stereocenters. The second-order valence-corrected chi connectivity index (χ2v) is 5.94. The lowest BCUT2D eigenvalue weighted by Crippen LogP contribution is -2.35. The SMILES string of the molecule is NCc1ccc(CN2CCC(N3CCCC3)C2)cc1. The lowest BCUT2D eigenvalue weighted by molar-refractivity contribution is 0.230. The summed E-state index contributed by atoms with van der Waals surface area (Å²) in [6.45, 7) is 6.88. The van der Waals surface area contributed by atoms with Gasteiger partial charge in [-0.15, -0.1) is 0 Å². The maximum Gasteiger partial charge on any atom is 0.0235 e. The first-order valence-corrected chi connectivity index (χ1v) is 7.59. The topological polar surface area (TPSA) is 32.5 Å². The molecule has 0 aromatic heterocycles. The molecule has 2 saturated heterocycles. The van der Waals surface area contributed by atoms with Crippen LogP contribution < -0.4 is 5.73 Å². The van der Waals surface area contributed by atoms with E-state index < -0.39 is 0 Å². The summed E-state index contributed by atoms with van der Waals surface area (Å²) in [5.74, 6) is 0. The molecule has 2 fully saturated rings. The molecule has 3 rings (SSSR count). The van der Waals surface area contributed by atoms with Crippen LogP contribution in [0.4, 0.5) is 0 Å². The van der Waals surface area contributed by atoms with Crippen LogP contribution >= 0.6 is 0 Å². The van der Waals surface area contributed by atoms with Crippen LogP contribution in [0.3, 0.4) is 0 Å². The molecule has 1 atom stereocenters. The van der Waals surface area contributed by atoms with Gasteiger partial charge in [-0.3, -0.25) is 9.80 Å². The second-order valence-electron chi connectivity index (χ2n) is 5.94. The standard InChI is InChI=1S/C16H25N3/c17-11-14-3-5-15(6-4-14)12-18-10-7-16(13-18)19-8-1-2-9-19/h3-6,16H,1-2,7-13,17H2. The van der Waals surface area contributed by atoms with Gasteiger partial charge in [0.2, 0.25) is 0 Å². The summed E-state index contributed by atoms with van der Waals surface area (Å²) in [7, 11) is 0. The molecule has 1 aromatic carbocycles. The largest absolute Gasteiger partial charge is 0.326 e. The highest BCUT2D eigenvalue weighted by Gasteiger charge is 2.28. The molecule has 0 radical (unpaired) electrons. The van der Waals surface area contributed by atoms with E-state index in [-0.39, 0.29) is 0 Å². The Morgan fingerprint density at radius 1 is 1.00 bits per heavy atom. The maximum absolute atomic E-state index is 5.64. The first-order chi connectivity index (χ1) is 9.35. The van der Waals surface area contributed by atoms with Crippen molar-refractivity contribution in [3.05, 3.63) is 35.4 Å². The smallest absolute Gasteiger partial charge is 0.0235 e. The molecule has 1 aromatic rings. The van der Waals surface area contributed by atoms with Crippen LogP contribution in [-0.2, 0) is 13.1 Å². The van der Waals surface area contributed by atoms with Crippen LogP contribution in [-0.4, -0.2) is 42.0 Å². The number of likely N-dealkylation sites (tertiary alicyclic amines) is 2. The summed E-state index contributed by atoms with van der Waals surface area (Å²) in [4.78, 5) is 5.29. The van der Waals surface area contributed by atoms with Crippen molar-refractivity contribution in [3.8, 4) is 0 Å². The van der Waals surface area contributed by atoms with Gasteiger partial charge in [0.1, 0.15) is 0 Å². The van der Waals surface area contributed by atoms with Gasteiger partial charge in [0.25, 0.3) is 0 Å². The molecule has 19 heavy (non-hydrogen) atoms. The van der Waals surface area contributed by atoms with Crippen LogP contribution in [0.2, 0.25) is 0 Å². The molecule has 0 amide bonds. The van der Waals surface area contributed by atoms with Crippen molar-refractivity contribution in [1.29, 1.82) is 0 Å². The number of nitrogens with two attached hydrogens (primary N) is 1. The van der Waals surface area contributed by atoms with Crippen molar-refractivity contribution >= 4 is 0 Å². The average molecular weight is 259 g/mol. The Morgan fingerprint density at radius 2 is 1.68 bits per heavy atom. The molecule has 2 aliphatic heterocycles. The van der Waals surface area contributed by atoms with Crippen molar-refractivity contribution in [3.63, 3.8) is 0 Å². The van der Waals surface area contributed by atoms with Crippen LogP contribution in [0.1, 0.15) is 30.4 Å². The first-order valence-electron chi connectivity index (χ1n) is 7.59. The highest BCUT2D eigenvalue weighted by atomic mass is 15.3. The van der Waals surface area contributed by atoms with E-state index in [2.05, 4.69) is 34.1 Å². The highest BCUT2D eigenvalue weighted by molar-refractivity contribution is 5.22. The normalized spacial score (nSPS) is 25.2. The number of hydrogen-bond donors (Lipinski definition) is 1. The molecule has 3 heteroatoms. The number of nitrogens with zero attached hydrogens (tertiary/aromatic N) is 2. The third-order valence-electron chi connectivity index (χ3n) is 4.57. The van der Waals surface area contributed by atoms with Crippen molar-refractivity contribution in [2.24, 2.45) is 5.73 Å². The minimum absolute atomic E-state index is 0.640. The van der Waals surface area contributed by atoms with Crippen LogP contribution in [0.15, 0.2) is 24.3 Å². The minimum Gasteiger partial charge on any atom is -0.326 e. The predicted molar refractivity (Wildman–Crippen MR) is 78.8 cm³/mol. The number of rotatable bonds is 4. The molecule has 2 aliphatic rings. The number of hydrogen-bond acceptors (Lipinski definition) is 3. The zero-order valence-electron chi connectivity index (χ0n) is 11.7. The van der Waals surface area contributed by atoms with Crippen molar-refractivity contribution < 1.29 is 0 Å². The van der Waals surface area contributed by atoms with Gasteiger partial charge >= 0.3 is 0 Å². The van der Waals surface area contributed by atoms with E-state index in [1.54, 1.807) is 0 Å². The van der Waals surface area contributed by atoms with E-state index in [0.717, 1.165) is 12.6 Å². The fraction of sp³-hybridized carbons (Fsp3) is 0.625. The third-order valence-corrected chi connectivity index (χ3v) is 4.57. The summed E-state index contributed by atoms with van der Waals surface area (Å²) in [5.41, 5.74) is 8.27. The van der Waals surface area contributed by atoms with E-state index in [4.69, 9.17) is 5.73 Å². The Bertz CT molecular complexity index is 395. The van der Waals surface area contributed by atoms with E-state index in [1.807, 2.05) is 0 Å². The van der Waals surface area contributed by atoms with Gasteiger partial charge in [-0.05, 0) is 43.5 Å². The van der Waals surface area contributed by atoms with Gasteiger partial charge in [-0.1, -0.05) is 24.3 Å². The van der Waals surface area contributed by atoms with Crippen molar-refractivity contribution in [1.82, 2.24) is 9.80 Å². The highest BCUT2D eigenvalue weighted by Crippen LogP contribution is 2.21. The number of benzene rings is 1. The Hall–Kier alpha value is -0.900. The van der Waals surface area contributed by atoms with Gasteiger partial charge in [0.15, 0.2) is 0 Å². The summed E-state index contributed by atoms with van der Waals surface area (Å²) in [6, 6.07) is 9.58. The summed E-state index contributed by atoms with van der Waals surface area (Å²) in [5, 5.41) is 0. The summed E-state index contributed by atoms with van der Waals surface area (Å²) < 4.78 is 0. The summed E-state index contributed by atoms with van der Waals surface area (Å²) in [6.07, 6.45) is 4.15. The zero-order valence-corrected chi connectivity index (χ0v) is 11.7. The van der Waals surface area contributed by atoms with Gasteiger partial charge in [-0.2, -0.15) is 0 Å². The molecule has 2 N–H and O–H groups in total. The van der Waals surface area contributed by atoms with Crippen molar-refractivity contribution in [2.75, 3.05) is 26.2 Å².